The summed E-state index contributed by atoms with van der Waals surface area (Å²) in [4.78, 5) is 16.8. The summed E-state index contributed by atoms with van der Waals surface area (Å²) < 4.78 is 11.7. The van der Waals surface area contributed by atoms with E-state index in [0.29, 0.717) is 22.2 Å². The Morgan fingerprint density at radius 2 is 2.05 bits per heavy atom. The third kappa shape index (κ3) is 2.09. The van der Waals surface area contributed by atoms with E-state index in [0.717, 1.165) is 10.2 Å². The Balaban J connectivity index is 1.65. The Kier molecular flexibility index (Phi) is 2.75. The van der Waals surface area contributed by atoms with Gasteiger partial charge in [0.15, 0.2) is 16.6 Å². The maximum atomic E-state index is 12.4. The van der Waals surface area contributed by atoms with Gasteiger partial charge in [0.05, 0.1) is 15.8 Å². The molecule has 1 aliphatic rings. The van der Waals surface area contributed by atoms with Crippen molar-refractivity contribution in [2.75, 3.05) is 12.1 Å². The van der Waals surface area contributed by atoms with Gasteiger partial charge in [-0.05, 0) is 24.3 Å². The maximum absolute atomic E-state index is 12.4. The molecule has 0 saturated carbocycles. The summed E-state index contributed by atoms with van der Waals surface area (Å²) in [7, 11) is 0. The highest BCUT2D eigenvalue weighted by Crippen LogP contribution is 2.36. The van der Waals surface area contributed by atoms with Crippen LogP contribution in [0.15, 0.2) is 42.5 Å². The predicted octanol–water partition coefficient (Wildman–Crippen LogP) is 3.28. The predicted molar refractivity (Wildman–Crippen MR) is 80.1 cm³/mol. The number of anilines is 1. The highest BCUT2D eigenvalue weighted by atomic mass is 32.1. The Morgan fingerprint density at radius 1 is 1.14 bits per heavy atom. The lowest BCUT2D eigenvalue weighted by molar-refractivity contribution is 0.102. The quantitative estimate of drug-likeness (QED) is 0.788. The van der Waals surface area contributed by atoms with Crippen LogP contribution in [0.2, 0.25) is 0 Å². The normalized spacial score (nSPS) is 12.6. The Hall–Kier alpha value is -2.60. The molecule has 0 aliphatic carbocycles. The van der Waals surface area contributed by atoms with E-state index in [1.54, 1.807) is 18.2 Å². The first-order valence-corrected chi connectivity index (χ1v) is 7.18. The number of amides is 1. The minimum absolute atomic E-state index is 0.140. The van der Waals surface area contributed by atoms with Crippen molar-refractivity contribution in [3.63, 3.8) is 0 Å². The molecule has 21 heavy (non-hydrogen) atoms. The molecule has 0 fully saturated rings. The molecule has 2 aromatic carbocycles. The average Bonchev–Trinajstić information content (AvgIpc) is 3.12. The smallest absolute Gasteiger partial charge is 0.261 e. The van der Waals surface area contributed by atoms with Gasteiger partial charge in [-0.25, -0.2) is 4.98 Å². The monoisotopic (exact) mass is 298 g/mol. The van der Waals surface area contributed by atoms with E-state index in [1.807, 2.05) is 24.3 Å². The van der Waals surface area contributed by atoms with Gasteiger partial charge in [-0.1, -0.05) is 29.5 Å². The average molecular weight is 298 g/mol. The van der Waals surface area contributed by atoms with Crippen molar-refractivity contribution in [3.8, 4) is 11.5 Å². The van der Waals surface area contributed by atoms with E-state index < -0.39 is 0 Å². The summed E-state index contributed by atoms with van der Waals surface area (Å²) in [6.45, 7) is 0.140. The van der Waals surface area contributed by atoms with Gasteiger partial charge in [0.1, 0.15) is 0 Å². The fourth-order valence-corrected chi connectivity index (χ4v) is 3.06. The van der Waals surface area contributed by atoms with Gasteiger partial charge >= 0.3 is 0 Å². The van der Waals surface area contributed by atoms with Crippen LogP contribution in [0.25, 0.3) is 10.2 Å². The van der Waals surface area contributed by atoms with E-state index in [1.165, 1.54) is 11.3 Å². The molecular weight excluding hydrogens is 288 g/mol. The molecular formula is C15H10N2O3S. The molecule has 104 valence electrons. The summed E-state index contributed by atoms with van der Waals surface area (Å²) in [5.74, 6) is 0.819. The van der Waals surface area contributed by atoms with Crippen LogP contribution in [0.3, 0.4) is 0 Å². The number of thiazole rings is 1. The molecule has 1 aromatic heterocycles. The van der Waals surface area contributed by atoms with E-state index >= 15 is 0 Å². The third-order valence-electron chi connectivity index (χ3n) is 3.16. The second kappa shape index (κ2) is 4.75. The van der Waals surface area contributed by atoms with Gasteiger partial charge < -0.3 is 9.47 Å². The molecule has 0 radical (unpaired) electrons. The Labute approximate surface area is 124 Å². The number of rotatable bonds is 2. The van der Waals surface area contributed by atoms with Crippen molar-refractivity contribution < 1.29 is 14.3 Å². The molecule has 4 rings (SSSR count). The molecule has 3 aromatic rings. The van der Waals surface area contributed by atoms with E-state index in [9.17, 15) is 4.79 Å². The fourth-order valence-electron chi connectivity index (χ4n) is 2.20. The minimum atomic E-state index is -0.253. The maximum Gasteiger partial charge on any atom is 0.261 e. The summed E-state index contributed by atoms with van der Waals surface area (Å²) in [5.41, 5.74) is 1.32. The lowest BCUT2D eigenvalue weighted by Gasteiger charge is -2.04. The van der Waals surface area contributed by atoms with Gasteiger partial charge in [-0.2, -0.15) is 0 Å². The van der Waals surface area contributed by atoms with Gasteiger partial charge in [0.25, 0.3) is 5.91 Å². The van der Waals surface area contributed by atoms with Gasteiger partial charge in [-0.15, -0.1) is 0 Å². The summed E-state index contributed by atoms with van der Waals surface area (Å²) in [6.07, 6.45) is 0. The van der Waals surface area contributed by atoms with Gasteiger partial charge in [0, 0.05) is 0 Å². The van der Waals surface area contributed by atoms with Crippen LogP contribution in [0.5, 0.6) is 11.5 Å². The summed E-state index contributed by atoms with van der Waals surface area (Å²) in [6, 6.07) is 13.0. The van der Waals surface area contributed by atoms with Crippen LogP contribution in [0.4, 0.5) is 5.13 Å². The lowest BCUT2D eigenvalue weighted by Crippen LogP contribution is -2.12. The molecule has 6 heteroatoms. The summed E-state index contributed by atoms with van der Waals surface area (Å²) in [5, 5.41) is 3.38. The molecule has 0 spiro atoms. The minimum Gasteiger partial charge on any atom is -0.454 e. The number of carbonyl (C=O) groups excluding carboxylic acids is 1. The zero-order valence-electron chi connectivity index (χ0n) is 10.8. The van der Waals surface area contributed by atoms with Crippen LogP contribution in [-0.4, -0.2) is 17.7 Å². The first kappa shape index (κ1) is 12.2. The Bertz CT molecular complexity index is 811. The zero-order chi connectivity index (χ0) is 14.2. The molecule has 1 N–H and O–H groups in total. The molecule has 0 unspecified atom stereocenters. The molecule has 2 heterocycles. The van der Waals surface area contributed by atoms with E-state index in [-0.39, 0.29) is 12.7 Å². The number of para-hydroxylation sites is 2. The molecule has 0 bridgehead atoms. The van der Waals surface area contributed by atoms with Gasteiger partial charge in [-0.3, -0.25) is 10.1 Å². The topological polar surface area (TPSA) is 60.5 Å². The molecule has 1 aliphatic heterocycles. The number of nitrogens with one attached hydrogen (secondary N) is 1. The van der Waals surface area contributed by atoms with Crippen molar-refractivity contribution in [3.05, 3.63) is 48.0 Å². The zero-order valence-corrected chi connectivity index (χ0v) is 11.6. The van der Waals surface area contributed by atoms with Crippen LogP contribution in [0, 0.1) is 0 Å². The van der Waals surface area contributed by atoms with Crippen molar-refractivity contribution in [2.45, 2.75) is 0 Å². The number of hydrogen-bond donors (Lipinski definition) is 1. The fraction of sp³-hybridized carbons (Fsp3) is 0.0667. The first-order valence-electron chi connectivity index (χ1n) is 6.37. The highest BCUT2D eigenvalue weighted by molar-refractivity contribution is 7.22. The second-order valence-electron chi connectivity index (χ2n) is 4.48. The van der Waals surface area contributed by atoms with Gasteiger partial charge in [0.2, 0.25) is 6.79 Å². The number of fused-ring (bicyclic) bond motifs is 2. The number of hydrogen-bond acceptors (Lipinski definition) is 5. The van der Waals surface area contributed by atoms with E-state index in [2.05, 4.69) is 10.3 Å². The van der Waals surface area contributed by atoms with Crippen LogP contribution >= 0.6 is 11.3 Å². The van der Waals surface area contributed by atoms with Crippen molar-refractivity contribution in [1.82, 2.24) is 4.98 Å². The third-order valence-corrected chi connectivity index (χ3v) is 4.11. The molecule has 0 saturated heterocycles. The largest absolute Gasteiger partial charge is 0.454 e. The number of ether oxygens (including phenoxy) is 2. The second-order valence-corrected chi connectivity index (χ2v) is 5.51. The lowest BCUT2D eigenvalue weighted by atomic mass is 10.2. The van der Waals surface area contributed by atoms with Crippen molar-refractivity contribution in [2.24, 2.45) is 0 Å². The number of nitrogens with zero attached hydrogens (tertiary/aromatic N) is 1. The Morgan fingerprint density at radius 3 is 2.95 bits per heavy atom. The standard InChI is InChI=1S/C15H10N2O3S/c18-14(9-4-3-6-11-13(9)20-8-19-11)17-15-16-10-5-1-2-7-12(10)21-15/h1-7H,8H2,(H,16,17,18). The van der Waals surface area contributed by atoms with Crippen LogP contribution in [-0.2, 0) is 0 Å². The highest BCUT2D eigenvalue weighted by Gasteiger charge is 2.22. The van der Waals surface area contributed by atoms with Crippen LogP contribution < -0.4 is 14.8 Å². The number of carbonyl (C=O) groups is 1. The molecule has 0 atom stereocenters. The first-order chi connectivity index (χ1) is 10.3. The summed E-state index contributed by atoms with van der Waals surface area (Å²) >= 11 is 1.44. The van der Waals surface area contributed by atoms with Crippen molar-refractivity contribution in [1.29, 1.82) is 0 Å². The number of aromatic nitrogens is 1. The SMILES string of the molecule is O=C(Nc1nc2ccccc2s1)c1cccc2c1OCO2. The van der Waals surface area contributed by atoms with Crippen molar-refractivity contribution >= 4 is 32.6 Å². The molecule has 5 nitrogen and oxygen atoms in total. The van der Waals surface area contributed by atoms with Crippen LogP contribution in [0.1, 0.15) is 10.4 Å². The number of benzene rings is 2. The van der Waals surface area contributed by atoms with E-state index in [4.69, 9.17) is 9.47 Å². The molecule has 1 amide bonds.